The van der Waals surface area contributed by atoms with Crippen molar-refractivity contribution < 1.29 is 5.11 Å². The van der Waals surface area contributed by atoms with Crippen molar-refractivity contribution in [3.63, 3.8) is 0 Å². The van der Waals surface area contributed by atoms with E-state index in [-0.39, 0.29) is 13.2 Å². The van der Waals surface area contributed by atoms with Gasteiger partial charge in [0.25, 0.3) is 0 Å². The van der Waals surface area contributed by atoms with Gasteiger partial charge in [0, 0.05) is 0 Å². The summed E-state index contributed by atoms with van der Waals surface area (Å²) in [4.78, 5) is 10.3. The van der Waals surface area contributed by atoms with Crippen molar-refractivity contribution in [1.82, 2.24) is 0 Å². The van der Waals surface area contributed by atoms with E-state index in [0.717, 1.165) is 0 Å². The first-order chi connectivity index (χ1) is 5.88. The molecule has 0 unspecified atom stereocenters. The Hall–Kier alpha value is -1.42. The summed E-state index contributed by atoms with van der Waals surface area (Å²) in [6.07, 6.45) is 0. The summed E-state index contributed by atoms with van der Waals surface area (Å²) in [5.74, 6) is 0. The fourth-order valence-corrected chi connectivity index (χ4v) is 0.912. The van der Waals surface area contributed by atoms with E-state index in [1.165, 1.54) is 5.01 Å². The molecule has 0 atom stereocenters. The average Bonchev–Trinajstić information content (AvgIpc) is 2.15. The van der Waals surface area contributed by atoms with Gasteiger partial charge in [-0.1, -0.05) is 18.2 Å². The van der Waals surface area contributed by atoms with Gasteiger partial charge in [-0.05, 0) is 12.1 Å². The molecule has 0 aromatic heterocycles. The predicted octanol–water partition coefficient (Wildman–Crippen LogP) is 1.17. The van der Waals surface area contributed by atoms with Crippen LogP contribution in [0.25, 0.3) is 0 Å². The molecule has 4 nitrogen and oxygen atoms in total. The number of para-hydroxylation sites is 1. The van der Waals surface area contributed by atoms with Crippen LogP contribution in [-0.2, 0) is 0 Å². The van der Waals surface area contributed by atoms with E-state index in [4.69, 9.17) is 5.11 Å². The zero-order chi connectivity index (χ0) is 8.81. The van der Waals surface area contributed by atoms with Gasteiger partial charge in [-0.2, -0.15) is 0 Å². The van der Waals surface area contributed by atoms with E-state index >= 15 is 0 Å². The summed E-state index contributed by atoms with van der Waals surface area (Å²) in [7, 11) is 0. The lowest BCUT2D eigenvalue weighted by Gasteiger charge is -2.12. The predicted molar refractivity (Wildman–Crippen MR) is 46.7 cm³/mol. The average molecular weight is 166 g/mol. The maximum atomic E-state index is 10.3. The lowest BCUT2D eigenvalue weighted by molar-refractivity contribution is 0.302. The Morgan fingerprint density at radius 1 is 1.33 bits per heavy atom. The molecule has 1 rings (SSSR count). The molecule has 4 heteroatoms. The van der Waals surface area contributed by atoms with Gasteiger partial charge in [0.05, 0.1) is 24.1 Å². The van der Waals surface area contributed by atoms with Gasteiger partial charge in [0.2, 0.25) is 0 Å². The minimum absolute atomic E-state index is 0.0827. The van der Waals surface area contributed by atoms with Crippen LogP contribution < -0.4 is 5.01 Å². The first kappa shape index (κ1) is 8.67. The number of nitroso groups, excluding NO2 is 1. The maximum Gasteiger partial charge on any atom is 0.0679 e. The number of benzene rings is 1. The molecular formula is C8H10N2O2. The molecule has 0 heterocycles. The molecule has 1 aromatic rings. The number of anilines is 1. The van der Waals surface area contributed by atoms with Gasteiger partial charge in [0.15, 0.2) is 0 Å². The highest BCUT2D eigenvalue weighted by atomic mass is 16.3. The Kier molecular flexibility index (Phi) is 3.22. The Morgan fingerprint density at radius 3 is 2.50 bits per heavy atom. The van der Waals surface area contributed by atoms with Crippen molar-refractivity contribution in [3.05, 3.63) is 35.2 Å². The number of hydrogen-bond acceptors (Lipinski definition) is 3. The monoisotopic (exact) mass is 166 g/mol. The molecule has 12 heavy (non-hydrogen) atoms. The Morgan fingerprint density at radius 2 is 2.00 bits per heavy atom. The van der Waals surface area contributed by atoms with Gasteiger partial charge in [-0.3, -0.25) is 0 Å². The number of nitrogens with zero attached hydrogens (tertiary/aromatic N) is 2. The Balaban J connectivity index is 2.73. The van der Waals surface area contributed by atoms with E-state index in [0.29, 0.717) is 5.69 Å². The molecule has 0 aliphatic carbocycles. The van der Waals surface area contributed by atoms with Crippen molar-refractivity contribution in [2.75, 3.05) is 18.2 Å². The molecule has 0 radical (unpaired) electrons. The van der Waals surface area contributed by atoms with Crippen molar-refractivity contribution in [3.8, 4) is 0 Å². The van der Waals surface area contributed by atoms with Crippen LogP contribution in [0.5, 0.6) is 0 Å². The first-order valence-electron chi connectivity index (χ1n) is 3.65. The van der Waals surface area contributed by atoms with Crippen LogP contribution in [0, 0.1) is 4.91 Å². The van der Waals surface area contributed by atoms with Crippen molar-refractivity contribution in [2.24, 2.45) is 5.29 Å². The molecule has 0 saturated heterocycles. The van der Waals surface area contributed by atoms with Gasteiger partial charge in [-0.25, -0.2) is 5.01 Å². The summed E-state index contributed by atoms with van der Waals surface area (Å²) in [6, 6.07) is 9.00. The molecule has 1 N–H and O–H groups in total. The number of aliphatic hydroxyl groups is 1. The lowest BCUT2D eigenvalue weighted by atomic mass is 10.3. The highest BCUT2D eigenvalue weighted by Crippen LogP contribution is 2.12. The molecular weight excluding hydrogens is 156 g/mol. The fourth-order valence-electron chi connectivity index (χ4n) is 0.912. The summed E-state index contributed by atoms with van der Waals surface area (Å²) >= 11 is 0. The van der Waals surface area contributed by atoms with Gasteiger partial charge < -0.3 is 5.11 Å². The quantitative estimate of drug-likeness (QED) is 0.539. The smallest absolute Gasteiger partial charge is 0.0679 e. The molecule has 64 valence electrons. The number of rotatable bonds is 4. The zero-order valence-electron chi connectivity index (χ0n) is 6.55. The van der Waals surface area contributed by atoms with Crippen molar-refractivity contribution in [1.29, 1.82) is 0 Å². The largest absolute Gasteiger partial charge is 0.394 e. The van der Waals surface area contributed by atoms with E-state index in [1.807, 2.05) is 18.2 Å². The summed E-state index contributed by atoms with van der Waals surface area (Å²) in [6.45, 7) is 0.147. The summed E-state index contributed by atoms with van der Waals surface area (Å²) < 4.78 is 0. The van der Waals surface area contributed by atoms with E-state index in [1.54, 1.807) is 12.1 Å². The van der Waals surface area contributed by atoms with E-state index in [9.17, 15) is 4.91 Å². The van der Waals surface area contributed by atoms with Crippen LogP contribution in [0.3, 0.4) is 0 Å². The Bertz CT molecular complexity index is 238. The highest BCUT2D eigenvalue weighted by molar-refractivity contribution is 5.44. The van der Waals surface area contributed by atoms with Crippen molar-refractivity contribution in [2.45, 2.75) is 0 Å². The van der Waals surface area contributed by atoms with Crippen LogP contribution in [0.4, 0.5) is 5.69 Å². The van der Waals surface area contributed by atoms with Crippen LogP contribution in [0.1, 0.15) is 0 Å². The second kappa shape index (κ2) is 4.46. The second-order valence-electron chi connectivity index (χ2n) is 2.26. The van der Waals surface area contributed by atoms with Gasteiger partial charge >= 0.3 is 0 Å². The number of aliphatic hydroxyl groups excluding tert-OH is 1. The molecule has 0 aliphatic rings. The third-order valence-corrected chi connectivity index (χ3v) is 1.46. The molecule has 0 bridgehead atoms. The highest BCUT2D eigenvalue weighted by Gasteiger charge is 2.02. The normalized spacial score (nSPS) is 9.42. The zero-order valence-corrected chi connectivity index (χ0v) is 6.55. The lowest BCUT2D eigenvalue weighted by Crippen LogP contribution is -2.19. The first-order valence-corrected chi connectivity index (χ1v) is 3.65. The minimum atomic E-state index is -0.0827. The third-order valence-electron chi connectivity index (χ3n) is 1.46. The van der Waals surface area contributed by atoms with E-state index in [2.05, 4.69) is 5.29 Å². The molecule has 0 aliphatic heterocycles. The van der Waals surface area contributed by atoms with Crippen molar-refractivity contribution >= 4 is 5.69 Å². The van der Waals surface area contributed by atoms with Gasteiger partial charge in [0.1, 0.15) is 0 Å². The molecule has 0 amide bonds. The van der Waals surface area contributed by atoms with E-state index < -0.39 is 0 Å². The van der Waals surface area contributed by atoms with Crippen LogP contribution in [-0.4, -0.2) is 18.3 Å². The maximum absolute atomic E-state index is 10.3. The molecule has 1 aromatic carbocycles. The summed E-state index contributed by atoms with van der Waals surface area (Å²) in [5.41, 5.74) is 0.696. The summed E-state index contributed by atoms with van der Waals surface area (Å²) in [5, 5.41) is 12.6. The second-order valence-corrected chi connectivity index (χ2v) is 2.26. The van der Waals surface area contributed by atoms with Gasteiger partial charge in [-0.15, -0.1) is 4.91 Å². The van der Waals surface area contributed by atoms with Crippen LogP contribution in [0.15, 0.2) is 35.6 Å². The Labute approximate surface area is 70.4 Å². The molecule has 0 saturated carbocycles. The topological polar surface area (TPSA) is 52.9 Å². The SMILES string of the molecule is O=NN(CCO)c1ccccc1. The number of hydrogen-bond donors (Lipinski definition) is 1. The standard InChI is InChI=1S/C8H10N2O2/c11-7-6-10(9-12)8-4-2-1-3-5-8/h1-5,11H,6-7H2. The molecule has 0 fully saturated rings. The molecule has 0 spiro atoms. The van der Waals surface area contributed by atoms with Crippen LogP contribution in [0.2, 0.25) is 0 Å². The fraction of sp³-hybridized carbons (Fsp3) is 0.250. The van der Waals surface area contributed by atoms with Crippen LogP contribution >= 0.6 is 0 Å². The minimum Gasteiger partial charge on any atom is -0.394 e. The third kappa shape index (κ3) is 2.03.